The summed E-state index contributed by atoms with van der Waals surface area (Å²) in [5.74, 6) is -1.38. The fourth-order valence-electron chi connectivity index (χ4n) is 3.99. The summed E-state index contributed by atoms with van der Waals surface area (Å²) in [6.07, 6.45) is -0.253. The number of hydrogen-bond acceptors (Lipinski definition) is 6. The molecular weight excluding hydrogens is 588 g/mol. The molecule has 0 bridgehead atoms. The summed E-state index contributed by atoms with van der Waals surface area (Å²) in [6.45, 7) is 10.3. The molecule has 0 spiro atoms. The lowest BCUT2D eigenvalue weighted by Gasteiger charge is -2.26. The van der Waals surface area contributed by atoms with Crippen LogP contribution in [0.5, 0.6) is 5.75 Å². The molecule has 8 N–H and O–H groups in total. The number of ether oxygens (including phenoxy) is 1. The summed E-state index contributed by atoms with van der Waals surface area (Å²) >= 11 is 0. The van der Waals surface area contributed by atoms with Gasteiger partial charge in [0, 0.05) is 11.8 Å². The molecule has 232 valence electrons. The van der Waals surface area contributed by atoms with Crippen LogP contribution in [0.15, 0.2) is 42.5 Å². The van der Waals surface area contributed by atoms with Crippen molar-refractivity contribution in [3.8, 4) is 5.75 Å². The highest BCUT2D eigenvalue weighted by molar-refractivity contribution is 7.70. The third-order valence-electron chi connectivity index (χ3n) is 6.15. The highest BCUT2D eigenvalue weighted by Crippen LogP contribution is 2.69. The molecule has 0 saturated heterocycles. The van der Waals surface area contributed by atoms with E-state index in [0.717, 1.165) is 12.1 Å². The number of rotatable bonds is 12. The normalized spacial score (nSPS) is 13.9. The van der Waals surface area contributed by atoms with Crippen molar-refractivity contribution in [1.29, 1.82) is 0 Å². The highest BCUT2D eigenvalue weighted by atomic mass is 31.2. The summed E-state index contributed by atoms with van der Waals surface area (Å²) < 4.78 is 29.2. The molecule has 3 amide bonds. The van der Waals surface area contributed by atoms with Crippen LogP contribution in [-0.4, -0.2) is 49.4 Å². The lowest BCUT2D eigenvalue weighted by molar-refractivity contribution is -0.133. The molecule has 0 aliphatic heterocycles. The molecule has 2 rings (SSSR count). The Morgan fingerprint density at radius 2 is 1.40 bits per heavy atom. The zero-order valence-electron chi connectivity index (χ0n) is 24.3. The topological polar surface area (TPSA) is 226 Å². The smallest absolute Gasteiger partial charge is 0.345 e. The van der Waals surface area contributed by atoms with Crippen molar-refractivity contribution in [3.05, 3.63) is 64.7 Å². The molecule has 0 aliphatic carbocycles. The molecule has 0 aliphatic rings. The predicted molar refractivity (Wildman–Crippen MR) is 156 cm³/mol. The second kappa shape index (κ2) is 13.5. The Kier molecular flexibility index (Phi) is 11.3. The molecule has 2 aromatic carbocycles. The van der Waals surface area contributed by atoms with Gasteiger partial charge >= 0.3 is 15.2 Å². The van der Waals surface area contributed by atoms with Gasteiger partial charge in [-0.3, -0.25) is 23.5 Å². The Morgan fingerprint density at radius 3 is 1.86 bits per heavy atom. The minimum absolute atomic E-state index is 0.0508. The van der Waals surface area contributed by atoms with E-state index in [2.05, 4.69) is 10.6 Å². The maximum Gasteiger partial charge on any atom is 0.345 e. The van der Waals surface area contributed by atoms with Gasteiger partial charge in [0.05, 0.1) is 17.7 Å². The molecule has 2 aromatic rings. The van der Waals surface area contributed by atoms with Crippen LogP contribution >= 0.6 is 15.2 Å². The Balaban J connectivity index is 2.35. The van der Waals surface area contributed by atoms with E-state index < -0.39 is 55.8 Å². The number of nitrogens with one attached hydrogen (secondary N) is 2. The van der Waals surface area contributed by atoms with Crippen molar-refractivity contribution in [1.82, 2.24) is 10.6 Å². The van der Waals surface area contributed by atoms with Crippen LogP contribution in [0.25, 0.3) is 0 Å². The Bertz CT molecular complexity index is 1370. The number of benzene rings is 2. The summed E-state index contributed by atoms with van der Waals surface area (Å²) in [6, 6.07) is 8.12. The van der Waals surface area contributed by atoms with Gasteiger partial charge in [-0.1, -0.05) is 51.1 Å². The molecule has 42 heavy (non-hydrogen) atoms. The zero-order valence-corrected chi connectivity index (χ0v) is 26.1. The molecule has 0 saturated carbocycles. The van der Waals surface area contributed by atoms with Gasteiger partial charge in [0.2, 0.25) is 11.8 Å². The Hall–Kier alpha value is -3.05. The molecule has 13 nitrogen and oxygen atoms in total. The van der Waals surface area contributed by atoms with Crippen molar-refractivity contribution >= 4 is 32.9 Å². The van der Waals surface area contributed by atoms with E-state index in [4.69, 9.17) is 10.5 Å². The van der Waals surface area contributed by atoms with Crippen LogP contribution in [0.3, 0.4) is 0 Å². The maximum absolute atomic E-state index is 13.4. The van der Waals surface area contributed by atoms with Crippen molar-refractivity contribution in [2.24, 2.45) is 11.1 Å². The number of amides is 3. The lowest BCUT2D eigenvalue weighted by atomic mass is 9.94. The minimum Gasteiger partial charge on any atom is -0.490 e. The van der Waals surface area contributed by atoms with Crippen molar-refractivity contribution in [2.45, 2.75) is 71.6 Å². The third kappa shape index (κ3) is 9.76. The van der Waals surface area contributed by atoms with Gasteiger partial charge < -0.3 is 40.7 Å². The number of nitrogens with two attached hydrogens (primary N) is 1. The molecule has 0 fully saturated rings. The monoisotopic (exact) mass is 627 g/mol. The molecular formula is C27H39N3O10P2. The van der Waals surface area contributed by atoms with Gasteiger partial charge in [0.25, 0.3) is 5.91 Å². The second-order valence-electron chi connectivity index (χ2n) is 11.3. The molecule has 0 aromatic heterocycles. The number of carbonyl (C=O) groups excluding carboxylic acids is 3. The number of carbonyl (C=O) groups is 3. The van der Waals surface area contributed by atoms with Crippen molar-refractivity contribution in [3.63, 3.8) is 0 Å². The van der Waals surface area contributed by atoms with Gasteiger partial charge in [0.15, 0.2) is 5.40 Å². The first-order valence-electron chi connectivity index (χ1n) is 13.0. The van der Waals surface area contributed by atoms with Gasteiger partial charge in [-0.05, 0) is 49.6 Å². The van der Waals surface area contributed by atoms with Crippen molar-refractivity contribution < 1.29 is 47.8 Å². The van der Waals surface area contributed by atoms with E-state index in [9.17, 15) is 43.1 Å². The van der Waals surface area contributed by atoms with Crippen LogP contribution in [0.2, 0.25) is 0 Å². The van der Waals surface area contributed by atoms with Gasteiger partial charge in [0.1, 0.15) is 11.8 Å². The second-order valence-corrected chi connectivity index (χ2v) is 15.1. The van der Waals surface area contributed by atoms with Gasteiger partial charge in [-0.2, -0.15) is 0 Å². The zero-order chi connectivity index (χ0) is 32.2. The molecule has 2 atom stereocenters. The fraction of sp³-hybridized carbons (Fsp3) is 0.444. The average molecular weight is 628 g/mol. The van der Waals surface area contributed by atoms with Gasteiger partial charge in [-0.25, -0.2) is 0 Å². The van der Waals surface area contributed by atoms with E-state index in [0.29, 0.717) is 16.9 Å². The van der Waals surface area contributed by atoms with Crippen LogP contribution < -0.4 is 21.1 Å². The predicted octanol–water partition coefficient (Wildman–Crippen LogP) is 2.88. The Morgan fingerprint density at radius 1 is 0.881 bits per heavy atom. The maximum atomic E-state index is 13.4. The third-order valence-corrected chi connectivity index (χ3v) is 9.82. The quantitative estimate of drug-likeness (QED) is 0.170. The first-order chi connectivity index (χ1) is 19.1. The lowest BCUT2D eigenvalue weighted by Crippen LogP contribution is -2.51. The van der Waals surface area contributed by atoms with E-state index in [1.165, 1.54) is 18.2 Å². The number of hydrogen-bond donors (Lipinski definition) is 7. The van der Waals surface area contributed by atoms with Gasteiger partial charge in [-0.15, -0.1) is 0 Å². The summed E-state index contributed by atoms with van der Waals surface area (Å²) in [5.41, 5.74) is 5.56. The number of primary amides is 1. The first-order valence-corrected chi connectivity index (χ1v) is 16.4. The summed E-state index contributed by atoms with van der Waals surface area (Å²) in [4.78, 5) is 76.2. The van der Waals surface area contributed by atoms with Crippen molar-refractivity contribution in [2.75, 3.05) is 0 Å². The molecule has 0 heterocycles. The van der Waals surface area contributed by atoms with E-state index in [-0.39, 0.29) is 23.7 Å². The van der Waals surface area contributed by atoms with E-state index in [1.54, 1.807) is 53.7 Å². The van der Waals surface area contributed by atoms with Crippen LogP contribution in [0.4, 0.5) is 0 Å². The minimum atomic E-state index is -5.20. The highest BCUT2D eigenvalue weighted by Gasteiger charge is 2.44. The fourth-order valence-corrected chi connectivity index (χ4v) is 6.68. The molecule has 0 radical (unpaired) electrons. The molecule has 0 unspecified atom stereocenters. The standard InChI is InChI=1S/C27H39N3O10P2/c1-15(2)40-22-12-11-19(14-20(22)23(28)31)16(3)29-24(32)21(30-26(33)27(4,5)6)13-17-7-9-18(10-8-17)25(41(34,35)36)42(37,38)39/h7-12,14-16,21,25H,13H2,1-6H3,(H2,28,31)(H,29,32)(H,30,33)(H2,34,35,36)(H2,37,38,39)/t16-,21-/m0/s1. The summed E-state index contributed by atoms with van der Waals surface area (Å²) in [7, 11) is -10.4. The average Bonchev–Trinajstić information content (AvgIpc) is 2.81. The van der Waals surface area contributed by atoms with Crippen LogP contribution in [0.1, 0.15) is 80.0 Å². The van der Waals surface area contributed by atoms with E-state index >= 15 is 0 Å². The van der Waals surface area contributed by atoms with Crippen LogP contribution in [0, 0.1) is 5.41 Å². The van der Waals surface area contributed by atoms with Crippen LogP contribution in [-0.2, 0) is 25.1 Å². The Labute approximate surface area is 244 Å². The first kappa shape index (κ1) is 35.1. The SMILES string of the molecule is CC(C)Oc1ccc([C@H](C)NC(=O)[C@H](Cc2ccc(C(P(=O)(O)O)P(=O)(O)O)cc2)NC(=O)C(C)(C)C)cc1C(N)=O. The molecule has 15 heteroatoms. The van der Waals surface area contributed by atoms with E-state index in [1.807, 2.05) is 0 Å². The largest absolute Gasteiger partial charge is 0.490 e. The summed E-state index contributed by atoms with van der Waals surface area (Å²) in [5, 5.41) is 3.20.